The van der Waals surface area contributed by atoms with Crippen molar-refractivity contribution in [1.29, 1.82) is 0 Å². The maximum Gasteiger partial charge on any atom is 0.271 e. The molecule has 0 aliphatic heterocycles. The number of carbonyl (C=O) groups excluding carboxylic acids is 1. The fourth-order valence-corrected chi connectivity index (χ4v) is 1.29. The van der Waals surface area contributed by atoms with Crippen LogP contribution in [-0.2, 0) is 0 Å². The summed E-state index contributed by atoms with van der Waals surface area (Å²) in [5, 5.41) is 2.75. The van der Waals surface area contributed by atoms with Crippen molar-refractivity contribution in [3.05, 3.63) is 48.1 Å². The van der Waals surface area contributed by atoms with Crippen molar-refractivity contribution >= 4 is 5.91 Å². The highest BCUT2D eigenvalue weighted by atomic mass is 16.1. The highest BCUT2D eigenvalue weighted by Crippen LogP contribution is 2.00. The summed E-state index contributed by atoms with van der Waals surface area (Å²) in [6.45, 7) is 4.59. The maximum atomic E-state index is 11.6. The molecule has 0 spiro atoms. The molecule has 0 aliphatic carbocycles. The van der Waals surface area contributed by atoms with E-state index in [9.17, 15) is 4.79 Å². The first-order valence-corrected chi connectivity index (χ1v) is 5.63. The number of aromatic nitrogens is 2. The largest absolute Gasteiger partial charge is 0.347 e. The van der Waals surface area contributed by atoms with Crippen LogP contribution in [0.2, 0.25) is 0 Å². The first-order valence-electron chi connectivity index (χ1n) is 5.63. The quantitative estimate of drug-likeness (QED) is 0.790. The summed E-state index contributed by atoms with van der Waals surface area (Å²) in [5.74, 6) is -0.207. The summed E-state index contributed by atoms with van der Waals surface area (Å²) in [6.07, 6.45) is 11.5. The van der Waals surface area contributed by atoms with Crippen LogP contribution in [0.5, 0.6) is 0 Å². The van der Waals surface area contributed by atoms with Gasteiger partial charge in [0, 0.05) is 18.9 Å². The Morgan fingerprint density at radius 3 is 2.88 bits per heavy atom. The Kier molecular flexibility index (Phi) is 5.64. The predicted octanol–water partition coefficient (Wildman–Crippen LogP) is 2.12. The number of carbonyl (C=O) groups is 1. The Labute approximate surface area is 101 Å². The predicted molar refractivity (Wildman–Crippen MR) is 67.6 cm³/mol. The van der Waals surface area contributed by atoms with Gasteiger partial charge in [-0.05, 0) is 13.3 Å². The third-order valence-electron chi connectivity index (χ3n) is 2.29. The fourth-order valence-electron chi connectivity index (χ4n) is 1.29. The van der Waals surface area contributed by atoms with E-state index in [1.54, 1.807) is 0 Å². The van der Waals surface area contributed by atoms with Gasteiger partial charge in [-0.2, -0.15) is 0 Å². The van der Waals surface area contributed by atoms with Crippen molar-refractivity contribution in [2.75, 3.05) is 6.54 Å². The summed E-state index contributed by atoms with van der Waals surface area (Å²) in [6, 6.07) is 0. The Morgan fingerprint density at radius 1 is 1.47 bits per heavy atom. The van der Waals surface area contributed by atoms with Crippen molar-refractivity contribution in [3.8, 4) is 0 Å². The van der Waals surface area contributed by atoms with Gasteiger partial charge in [0.15, 0.2) is 0 Å². The van der Waals surface area contributed by atoms with Gasteiger partial charge in [0.05, 0.1) is 6.20 Å². The van der Waals surface area contributed by atoms with E-state index in [0.717, 1.165) is 6.42 Å². The minimum Gasteiger partial charge on any atom is -0.347 e. The van der Waals surface area contributed by atoms with Gasteiger partial charge in [-0.15, -0.1) is 0 Å². The highest BCUT2D eigenvalue weighted by molar-refractivity contribution is 5.91. The molecule has 1 aromatic heterocycles. The average Bonchev–Trinajstić information content (AvgIpc) is 2.40. The van der Waals surface area contributed by atoms with Crippen LogP contribution in [0.15, 0.2) is 42.4 Å². The second-order valence-electron chi connectivity index (χ2n) is 3.42. The topological polar surface area (TPSA) is 54.9 Å². The van der Waals surface area contributed by atoms with Crippen molar-refractivity contribution in [3.63, 3.8) is 0 Å². The number of nitrogens with one attached hydrogen (secondary N) is 1. The molecular formula is C13H17N3O. The molecule has 1 aromatic rings. The number of rotatable bonds is 5. The first kappa shape index (κ1) is 13.1. The van der Waals surface area contributed by atoms with Crippen LogP contribution in [-0.4, -0.2) is 22.4 Å². The van der Waals surface area contributed by atoms with Gasteiger partial charge in [0.2, 0.25) is 0 Å². The second kappa shape index (κ2) is 7.33. The molecule has 0 bridgehead atoms. The van der Waals surface area contributed by atoms with Crippen LogP contribution in [0, 0.1) is 0 Å². The molecule has 0 saturated heterocycles. The van der Waals surface area contributed by atoms with E-state index < -0.39 is 0 Å². The normalized spacial score (nSPS) is 11.8. The van der Waals surface area contributed by atoms with Crippen LogP contribution in [0.3, 0.4) is 0 Å². The number of amides is 1. The Bertz CT molecular complexity index is 410. The van der Waals surface area contributed by atoms with Crippen LogP contribution < -0.4 is 5.32 Å². The molecule has 1 rings (SSSR count). The van der Waals surface area contributed by atoms with E-state index in [1.807, 2.05) is 19.1 Å². The third kappa shape index (κ3) is 4.59. The molecule has 0 radical (unpaired) electrons. The summed E-state index contributed by atoms with van der Waals surface area (Å²) < 4.78 is 0. The maximum absolute atomic E-state index is 11.6. The number of allylic oxidation sites excluding steroid dienone is 3. The van der Waals surface area contributed by atoms with Gasteiger partial charge >= 0.3 is 0 Å². The lowest BCUT2D eigenvalue weighted by Crippen LogP contribution is -2.24. The van der Waals surface area contributed by atoms with Crippen LogP contribution in [0.4, 0.5) is 0 Å². The molecule has 4 nitrogen and oxygen atoms in total. The second-order valence-corrected chi connectivity index (χ2v) is 3.42. The zero-order valence-corrected chi connectivity index (χ0v) is 10.2. The lowest BCUT2D eigenvalue weighted by molar-refractivity contribution is 0.0952. The Balaban J connectivity index is 2.40. The Hall–Kier alpha value is -1.97. The number of hydrogen-bond acceptors (Lipinski definition) is 3. The smallest absolute Gasteiger partial charge is 0.271 e. The molecule has 17 heavy (non-hydrogen) atoms. The molecule has 1 heterocycles. The van der Waals surface area contributed by atoms with E-state index in [1.165, 1.54) is 24.2 Å². The van der Waals surface area contributed by atoms with Gasteiger partial charge in [-0.25, -0.2) is 4.98 Å². The standard InChI is InChI=1S/C13H17N3O/c1-3-11(4-2)6-5-7-16-13(17)12-10-14-8-9-15-12/h3,5-6,8-10H,4,7H2,1-2H3,(H,16,17)/b6-5+,11-3?. The molecular weight excluding hydrogens is 214 g/mol. The van der Waals surface area contributed by atoms with Crippen LogP contribution in [0.25, 0.3) is 0 Å². The van der Waals surface area contributed by atoms with Gasteiger partial charge < -0.3 is 5.32 Å². The summed E-state index contributed by atoms with van der Waals surface area (Å²) in [7, 11) is 0. The molecule has 0 saturated carbocycles. The van der Waals surface area contributed by atoms with E-state index in [4.69, 9.17) is 0 Å². The van der Waals surface area contributed by atoms with E-state index in [0.29, 0.717) is 12.2 Å². The molecule has 0 unspecified atom stereocenters. The molecule has 1 N–H and O–H groups in total. The van der Waals surface area contributed by atoms with Gasteiger partial charge in [0.1, 0.15) is 5.69 Å². The Morgan fingerprint density at radius 2 is 2.29 bits per heavy atom. The molecule has 90 valence electrons. The fraction of sp³-hybridized carbons (Fsp3) is 0.308. The number of hydrogen-bond donors (Lipinski definition) is 1. The SMILES string of the molecule is CC=C(/C=C/CNC(=O)c1cnccn1)CC. The van der Waals surface area contributed by atoms with E-state index >= 15 is 0 Å². The highest BCUT2D eigenvalue weighted by Gasteiger charge is 2.03. The van der Waals surface area contributed by atoms with E-state index in [2.05, 4.69) is 28.3 Å². The molecule has 0 aliphatic rings. The number of nitrogens with zero attached hydrogens (tertiary/aromatic N) is 2. The molecule has 0 atom stereocenters. The molecule has 1 amide bonds. The van der Waals surface area contributed by atoms with Gasteiger partial charge in [0.25, 0.3) is 5.91 Å². The monoisotopic (exact) mass is 231 g/mol. The minimum atomic E-state index is -0.207. The molecule has 0 fully saturated rings. The summed E-state index contributed by atoms with van der Waals surface area (Å²) in [4.78, 5) is 19.3. The average molecular weight is 231 g/mol. The van der Waals surface area contributed by atoms with Crippen molar-refractivity contribution in [2.45, 2.75) is 20.3 Å². The van der Waals surface area contributed by atoms with E-state index in [-0.39, 0.29) is 5.91 Å². The summed E-state index contributed by atoms with van der Waals surface area (Å²) in [5.41, 5.74) is 1.58. The first-order chi connectivity index (χ1) is 8.27. The zero-order valence-electron chi connectivity index (χ0n) is 10.2. The van der Waals surface area contributed by atoms with Crippen LogP contribution >= 0.6 is 0 Å². The molecule has 4 heteroatoms. The van der Waals surface area contributed by atoms with Gasteiger partial charge in [-0.3, -0.25) is 9.78 Å². The van der Waals surface area contributed by atoms with Crippen LogP contribution in [0.1, 0.15) is 30.8 Å². The van der Waals surface area contributed by atoms with Gasteiger partial charge in [-0.1, -0.05) is 30.7 Å². The van der Waals surface area contributed by atoms with Crippen molar-refractivity contribution < 1.29 is 4.79 Å². The van der Waals surface area contributed by atoms with Crippen molar-refractivity contribution in [2.24, 2.45) is 0 Å². The zero-order chi connectivity index (χ0) is 12.5. The lowest BCUT2D eigenvalue weighted by atomic mass is 10.2. The summed E-state index contributed by atoms with van der Waals surface area (Å²) >= 11 is 0. The third-order valence-corrected chi connectivity index (χ3v) is 2.29. The minimum absolute atomic E-state index is 0.207. The van der Waals surface area contributed by atoms with Crippen molar-refractivity contribution in [1.82, 2.24) is 15.3 Å². The molecule has 0 aromatic carbocycles. The lowest BCUT2D eigenvalue weighted by Gasteiger charge is -2.00.